The maximum Gasteiger partial charge on any atom is 0.241 e. The molecule has 0 heterocycles. The number of amides is 1. The van der Waals surface area contributed by atoms with Gasteiger partial charge in [-0.1, -0.05) is 30.4 Å². The molecule has 1 amide bonds. The number of benzene rings is 1. The lowest BCUT2D eigenvalue weighted by atomic mass is 10.2. The molecular formula is C12H17N3OS. The molecule has 1 atom stereocenters. The lowest BCUT2D eigenvalue weighted by Crippen LogP contribution is -2.43. The van der Waals surface area contributed by atoms with Crippen molar-refractivity contribution in [1.29, 1.82) is 0 Å². The summed E-state index contributed by atoms with van der Waals surface area (Å²) in [5, 5.41) is 2.83. The SMILES string of the molecule is CC(C(=O)Nc1ccccc1)N(C)CC(N)=S. The molecule has 1 aromatic carbocycles. The van der Waals surface area contributed by atoms with E-state index in [2.05, 4.69) is 5.32 Å². The second-order valence-corrected chi connectivity index (χ2v) is 4.44. The molecule has 1 unspecified atom stereocenters. The fourth-order valence-electron chi connectivity index (χ4n) is 1.35. The van der Waals surface area contributed by atoms with Crippen LogP contribution in [-0.2, 0) is 4.79 Å². The highest BCUT2D eigenvalue weighted by Crippen LogP contribution is 2.07. The minimum absolute atomic E-state index is 0.0741. The molecule has 92 valence electrons. The zero-order chi connectivity index (χ0) is 12.8. The van der Waals surface area contributed by atoms with Gasteiger partial charge in [-0.2, -0.15) is 0 Å². The average molecular weight is 251 g/mol. The van der Waals surface area contributed by atoms with E-state index in [0.717, 1.165) is 5.69 Å². The van der Waals surface area contributed by atoms with Gasteiger partial charge in [-0.3, -0.25) is 9.69 Å². The Bertz CT molecular complexity index is 394. The van der Waals surface area contributed by atoms with Crippen molar-refractivity contribution in [3.63, 3.8) is 0 Å². The van der Waals surface area contributed by atoms with Gasteiger partial charge in [0.2, 0.25) is 5.91 Å². The van der Waals surface area contributed by atoms with E-state index < -0.39 is 0 Å². The summed E-state index contributed by atoms with van der Waals surface area (Å²) in [7, 11) is 1.81. The van der Waals surface area contributed by atoms with Gasteiger partial charge in [-0.25, -0.2) is 0 Å². The first-order valence-corrected chi connectivity index (χ1v) is 5.76. The second kappa shape index (κ2) is 6.32. The second-order valence-electron chi connectivity index (χ2n) is 3.91. The number of nitrogens with one attached hydrogen (secondary N) is 1. The minimum Gasteiger partial charge on any atom is -0.392 e. The quantitative estimate of drug-likeness (QED) is 0.773. The van der Waals surface area contributed by atoms with Crippen LogP contribution in [-0.4, -0.2) is 35.4 Å². The van der Waals surface area contributed by atoms with Crippen LogP contribution in [0.5, 0.6) is 0 Å². The molecule has 1 aromatic rings. The Labute approximate surface area is 107 Å². The zero-order valence-corrected chi connectivity index (χ0v) is 10.8. The molecule has 0 aliphatic carbocycles. The molecule has 0 aliphatic rings. The molecule has 4 nitrogen and oxygen atoms in total. The Morgan fingerprint density at radius 3 is 2.59 bits per heavy atom. The van der Waals surface area contributed by atoms with Crippen LogP contribution in [0, 0.1) is 0 Å². The van der Waals surface area contributed by atoms with Crippen molar-refractivity contribution in [2.75, 3.05) is 18.9 Å². The third kappa shape index (κ3) is 4.50. The standard InChI is InChI=1S/C12H17N3OS/c1-9(15(2)8-11(13)17)12(16)14-10-6-4-3-5-7-10/h3-7,9H,8H2,1-2H3,(H2,13,17)(H,14,16). The van der Waals surface area contributed by atoms with Gasteiger partial charge in [-0.05, 0) is 26.1 Å². The summed E-state index contributed by atoms with van der Waals surface area (Å²) < 4.78 is 0. The van der Waals surface area contributed by atoms with E-state index in [-0.39, 0.29) is 11.9 Å². The van der Waals surface area contributed by atoms with Crippen LogP contribution < -0.4 is 11.1 Å². The Kier molecular flexibility index (Phi) is 5.06. The molecular weight excluding hydrogens is 234 g/mol. The Morgan fingerprint density at radius 1 is 1.47 bits per heavy atom. The lowest BCUT2D eigenvalue weighted by Gasteiger charge is -2.23. The van der Waals surface area contributed by atoms with Gasteiger partial charge in [0, 0.05) is 12.2 Å². The highest BCUT2D eigenvalue weighted by atomic mass is 32.1. The summed E-state index contributed by atoms with van der Waals surface area (Å²) >= 11 is 4.81. The number of likely N-dealkylation sites (N-methyl/N-ethyl adjacent to an activating group) is 1. The monoisotopic (exact) mass is 251 g/mol. The van der Waals surface area contributed by atoms with Gasteiger partial charge >= 0.3 is 0 Å². The molecule has 5 heteroatoms. The van der Waals surface area contributed by atoms with E-state index in [0.29, 0.717) is 11.5 Å². The number of anilines is 1. The predicted octanol–water partition coefficient (Wildman–Crippen LogP) is 1.23. The van der Waals surface area contributed by atoms with Crippen LogP contribution in [0.2, 0.25) is 0 Å². The largest absolute Gasteiger partial charge is 0.392 e. The Morgan fingerprint density at radius 2 is 2.06 bits per heavy atom. The minimum atomic E-state index is -0.281. The van der Waals surface area contributed by atoms with E-state index >= 15 is 0 Å². The van der Waals surface area contributed by atoms with Gasteiger partial charge < -0.3 is 11.1 Å². The number of para-hydroxylation sites is 1. The summed E-state index contributed by atoms with van der Waals surface area (Å²) in [5.74, 6) is -0.0741. The lowest BCUT2D eigenvalue weighted by molar-refractivity contribution is -0.120. The van der Waals surface area contributed by atoms with Crippen LogP contribution in [0.4, 0.5) is 5.69 Å². The van der Waals surface area contributed by atoms with Crippen LogP contribution in [0.25, 0.3) is 0 Å². The molecule has 0 aromatic heterocycles. The fraction of sp³-hybridized carbons (Fsp3) is 0.333. The van der Waals surface area contributed by atoms with Gasteiger partial charge in [0.05, 0.1) is 11.0 Å². The summed E-state index contributed by atoms with van der Waals surface area (Å²) in [4.78, 5) is 14.1. The highest BCUT2D eigenvalue weighted by molar-refractivity contribution is 7.80. The number of hydrogen-bond donors (Lipinski definition) is 2. The highest BCUT2D eigenvalue weighted by Gasteiger charge is 2.18. The zero-order valence-electron chi connectivity index (χ0n) is 10.0. The van der Waals surface area contributed by atoms with Gasteiger partial charge in [0.25, 0.3) is 0 Å². The van der Waals surface area contributed by atoms with Crippen LogP contribution >= 0.6 is 12.2 Å². The third-order valence-corrected chi connectivity index (χ3v) is 2.62. The van der Waals surface area contributed by atoms with E-state index in [1.54, 1.807) is 4.90 Å². The molecule has 0 fully saturated rings. The van der Waals surface area contributed by atoms with Gasteiger partial charge in [0.15, 0.2) is 0 Å². The van der Waals surface area contributed by atoms with E-state index in [9.17, 15) is 4.79 Å². The van der Waals surface area contributed by atoms with E-state index in [4.69, 9.17) is 18.0 Å². The average Bonchev–Trinajstić information content (AvgIpc) is 2.28. The number of nitrogens with two attached hydrogens (primary N) is 1. The summed E-state index contributed by atoms with van der Waals surface area (Å²) in [6, 6.07) is 9.06. The first kappa shape index (κ1) is 13.6. The van der Waals surface area contributed by atoms with Crippen molar-refractivity contribution >= 4 is 28.8 Å². The van der Waals surface area contributed by atoms with Crippen molar-refractivity contribution in [1.82, 2.24) is 4.90 Å². The molecule has 1 rings (SSSR count). The molecule has 3 N–H and O–H groups in total. The number of hydrogen-bond acceptors (Lipinski definition) is 3. The van der Waals surface area contributed by atoms with E-state index in [1.807, 2.05) is 44.3 Å². The molecule has 0 radical (unpaired) electrons. The van der Waals surface area contributed by atoms with Crippen molar-refractivity contribution in [3.8, 4) is 0 Å². The number of nitrogens with zero attached hydrogens (tertiary/aromatic N) is 1. The number of rotatable bonds is 5. The first-order chi connectivity index (χ1) is 8.00. The number of thiocarbonyl (C=S) groups is 1. The van der Waals surface area contributed by atoms with E-state index in [1.165, 1.54) is 0 Å². The van der Waals surface area contributed by atoms with Gasteiger partial charge in [0.1, 0.15) is 0 Å². The summed E-state index contributed by atoms with van der Waals surface area (Å²) in [6.45, 7) is 2.25. The Balaban J connectivity index is 2.55. The topological polar surface area (TPSA) is 58.4 Å². The molecule has 0 saturated heterocycles. The smallest absolute Gasteiger partial charge is 0.241 e. The van der Waals surface area contributed by atoms with Crippen LogP contribution in [0.1, 0.15) is 6.92 Å². The maximum atomic E-state index is 11.9. The molecule has 0 spiro atoms. The maximum absolute atomic E-state index is 11.9. The van der Waals surface area contributed by atoms with Crippen LogP contribution in [0.3, 0.4) is 0 Å². The van der Waals surface area contributed by atoms with Crippen molar-refractivity contribution in [2.45, 2.75) is 13.0 Å². The fourth-order valence-corrected chi connectivity index (χ4v) is 1.55. The summed E-state index contributed by atoms with van der Waals surface area (Å²) in [6.07, 6.45) is 0. The normalized spacial score (nSPS) is 12.2. The number of carbonyl (C=O) groups excluding carboxylic acids is 1. The molecule has 17 heavy (non-hydrogen) atoms. The molecule has 0 bridgehead atoms. The molecule has 0 saturated carbocycles. The first-order valence-electron chi connectivity index (χ1n) is 5.35. The predicted molar refractivity (Wildman–Crippen MR) is 73.9 cm³/mol. The van der Waals surface area contributed by atoms with Crippen molar-refractivity contribution < 1.29 is 4.79 Å². The Hall–Kier alpha value is -1.46. The van der Waals surface area contributed by atoms with Gasteiger partial charge in [-0.15, -0.1) is 0 Å². The summed E-state index contributed by atoms with van der Waals surface area (Å²) in [5.41, 5.74) is 6.23. The van der Waals surface area contributed by atoms with Crippen LogP contribution in [0.15, 0.2) is 30.3 Å². The molecule has 0 aliphatic heterocycles. The van der Waals surface area contributed by atoms with Crippen molar-refractivity contribution in [3.05, 3.63) is 30.3 Å². The third-order valence-electron chi connectivity index (χ3n) is 2.49. The number of carbonyl (C=O) groups is 1. The van der Waals surface area contributed by atoms with Crippen molar-refractivity contribution in [2.24, 2.45) is 5.73 Å².